The molecule has 0 bridgehead atoms. The molecule has 0 aliphatic carbocycles. The number of hydrogen-bond acceptors (Lipinski definition) is 6. The zero-order valence-corrected chi connectivity index (χ0v) is 9.44. The summed E-state index contributed by atoms with van der Waals surface area (Å²) in [6.45, 7) is 0. The van der Waals surface area contributed by atoms with Crippen LogP contribution in [0.2, 0.25) is 0 Å². The molecule has 1 aromatic rings. The summed E-state index contributed by atoms with van der Waals surface area (Å²) in [5, 5.41) is 28.9. The Balaban J connectivity index is 2.05. The van der Waals surface area contributed by atoms with Gasteiger partial charge in [0.1, 0.15) is 0 Å². The monoisotopic (exact) mass is 251 g/mol. The predicted octanol–water partition coefficient (Wildman–Crippen LogP) is 0.651. The van der Waals surface area contributed by atoms with Crippen LogP contribution < -0.4 is 5.32 Å². The van der Waals surface area contributed by atoms with Crippen molar-refractivity contribution >= 4 is 29.1 Å². The first-order valence-corrected chi connectivity index (χ1v) is 5.69. The van der Waals surface area contributed by atoms with Crippen LogP contribution in [0.25, 0.3) is 0 Å². The lowest BCUT2D eigenvalue weighted by atomic mass is 10.2. The van der Waals surface area contributed by atoms with Crippen molar-refractivity contribution in [2.45, 2.75) is 0 Å². The molecule has 1 fully saturated rings. The number of hydrogen-bond donors (Lipinski definition) is 3. The molecule has 3 N–H and O–H groups in total. The molecule has 1 aromatic carbocycles. The second-order valence-electron chi connectivity index (χ2n) is 3.23. The third-order valence-electron chi connectivity index (χ3n) is 1.94. The lowest BCUT2D eigenvalue weighted by Crippen LogP contribution is -2.19. The zero-order chi connectivity index (χ0) is 12.3. The van der Waals surface area contributed by atoms with E-state index in [1.54, 1.807) is 6.07 Å². The summed E-state index contributed by atoms with van der Waals surface area (Å²) in [6.07, 6.45) is 1.41. The summed E-state index contributed by atoms with van der Waals surface area (Å²) in [5.74, 6) is -0.141. The Morgan fingerprint density at radius 2 is 2.18 bits per heavy atom. The van der Waals surface area contributed by atoms with Gasteiger partial charge in [0.2, 0.25) is 5.91 Å². The van der Waals surface area contributed by atoms with E-state index in [2.05, 4.69) is 15.5 Å². The molecule has 6 nitrogen and oxygen atoms in total. The third-order valence-corrected chi connectivity index (χ3v) is 2.80. The summed E-state index contributed by atoms with van der Waals surface area (Å²) in [5.41, 5.74) is 0.596. The van der Waals surface area contributed by atoms with Gasteiger partial charge in [-0.15, -0.1) is 5.10 Å². The Morgan fingerprint density at radius 1 is 1.35 bits per heavy atom. The Kier molecular flexibility index (Phi) is 3.29. The van der Waals surface area contributed by atoms with Crippen molar-refractivity contribution in [3.05, 3.63) is 23.8 Å². The largest absolute Gasteiger partial charge is 0.504 e. The van der Waals surface area contributed by atoms with Crippen molar-refractivity contribution in [3.8, 4) is 11.5 Å². The lowest BCUT2D eigenvalue weighted by Gasteiger charge is -1.97. The van der Waals surface area contributed by atoms with Crippen molar-refractivity contribution < 1.29 is 15.0 Å². The van der Waals surface area contributed by atoms with Gasteiger partial charge in [0.25, 0.3) is 0 Å². The van der Waals surface area contributed by atoms with E-state index in [0.717, 1.165) is 0 Å². The average Bonchev–Trinajstić information content (AvgIpc) is 2.70. The van der Waals surface area contributed by atoms with Gasteiger partial charge in [-0.25, -0.2) is 0 Å². The van der Waals surface area contributed by atoms with Crippen LogP contribution >= 0.6 is 11.8 Å². The smallest absolute Gasteiger partial charge is 0.236 e. The number of aromatic hydroxyl groups is 2. The van der Waals surface area contributed by atoms with Crippen LogP contribution in [0.4, 0.5) is 0 Å². The Bertz CT molecular complexity index is 514. The van der Waals surface area contributed by atoms with Crippen molar-refractivity contribution in [1.82, 2.24) is 5.32 Å². The number of benzene rings is 1. The van der Waals surface area contributed by atoms with Gasteiger partial charge in [0.05, 0.1) is 12.0 Å². The van der Waals surface area contributed by atoms with E-state index in [0.29, 0.717) is 16.5 Å². The quantitative estimate of drug-likeness (QED) is 0.408. The molecule has 0 saturated carbocycles. The molecule has 0 aromatic heterocycles. The number of amides is 1. The first-order chi connectivity index (χ1) is 8.15. The minimum Gasteiger partial charge on any atom is -0.504 e. The van der Waals surface area contributed by atoms with Crippen molar-refractivity contribution in [1.29, 1.82) is 0 Å². The maximum atomic E-state index is 10.8. The molecule has 0 spiro atoms. The van der Waals surface area contributed by atoms with Gasteiger partial charge >= 0.3 is 0 Å². The lowest BCUT2D eigenvalue weighted by molar-refractivity contribution is -0.116. The van der Waals surface area contributed by atoms with Gasteiger partial charge < -0.3 is 15.5 Å². The second-order valence-corrected chi connectivity index (χ2v) is 4.20. The van der Waals surface area contributed by atoms with E-state index in [9.17, 15) is 9.90 Å². The summed E-state index contributed by atoms with van der Waals surface area (Å²) >= 11 is 1.28. The van der Waals surface area contributed by atoms with E-state index in [4.69, 9.17) is 5.11 Å². The number of phenols is 2. The summed E-state index contributed by atoms with van der Waals surface area (Å²) in [4.78, 5) is 10.8. The fourth-order valence-electron chi connectivity index (χ4n) is 1.15. The first-order valence-electron chi connectivity index (χ1n) is 4.71. The maximum Gasteiger partial charge on any atom is 0.236 e. The van der Waals surface area contributed by atoms with E-state index in [1.807, 2.05) is 0 Å². The molecule has 0 unspecified atom stereocenters. The predicted molar refractivity (Wildman–Crippen MR) is 65.4 cm³/mol. The second kappa shape index (κ2) is 4.88. The number of thioether (sulfide) groups is 1. The molecule has 1 saturated heterocycles. The van der Waals surface area contributed by atoms with Crippen molar-refractivity contribution in [2.75, 3.05) is 5.75 Å². The van der Waals surface area contributed by atoms with Gasteiger partial charge in [-0.3, -0.25) is 4.79 Å². The Morgan fingerprint density at radius 3 is 2.82 bits per heavy atom. The van der Waals surface area contributed by atoms with Crippen molar-refractivity contribution in [3.63, 3.8) is 0 Å². The van der Waals surface area contributed by atoms with Crippen molar-refractivity contribution in [2.24, 2.45) is 10.2 Å². The average molecular weight is 251 g/mol. The highest BCUT2D eigenvalue weighted by Gasteiger charge is 2.15. The van der Waals surface area contributed by atoms with Gasteiger partial charge in [0.15, 0.2) is 16.7 Å². The SMILES string of the molecule is O=C1CSC(=NN=Cc2ccc(O)c(O)c2)N1. The van der Waals surface area contributed by atoms with Crippen LogP contribution in [-0.4, -0.2) is 33.3 Å². The van der Waals surface area contributed by atoms with Crippen LogP contribution in [0.15, 0.2) is 28.4 Å². The van der Waals surface area contributed by atoms with Crippen LogP contribution in [0.1, 0.15) is 5.56 Å². The Hall–Kier alpha value is -2.02. The summed E-state index contributed by atoms with van der Waals surface area (Å²) < 4.78 is 0. The number of amidine groups is 1. The number of carbonyl (C=O) groups is 1. The molecule has 88 valence electrons. The molecule has 1 aliphatic heterocycles. The normalized spacial score (nSPS) is 17.9. The summed E-state index contributed by atoms with van der Waals surface area (Å²) in [7, 11) is 0. The van der Waals surface area contributed by atoms with Crippen LogP contribution in [0.5, 0.6) is 11.5 Å². The Labute approximate surface area is 101 Å². The van der Waals surface area contributed by atoms with E-state index >= 15 is 0 Å². The molecule has 2 rings (SSSR count). The van der Waals surface area contributed by atoms with Gasteiger partial charge in [-0.05, 0) is 23.8 Å². The highest BCUT2D eigenvalue weighted by Crippen LogP contribution is 2.24. The number of nitrogens with zero attached hydrogens (tertiary/aromatic N) is 2. The number of nitrogens with one attached hydrogen (secondary N) is 1. The fraction of sp³-hybridized carbons (Fsp3) is 0.100. The molecule has 17 heavy (non-hydrogen) atoms. The molecule has 0 radical (unpaired) electrons. The van der Waals surface area contributed by atoms with Crippen LogP contribution in [0.3, 0.4) is 0 Å². The van der Waals surface area contributed by atoms with Crippen LogP contribution in [-0.2, 0) is 4.79 Å². The minimum atomic E-state index is -0.217. The van der Waals surface area contributed by atoms with E-state index in [-0.39, 0.29) is 17.4 Å². The summed E-state index contributed by atoms with van der Waals surface area (Å²) in [6, 6.07) is 4.30. The number of carbonyl (C=O) groups excluding carboxylic acids is 1. The standard InChI is InChI=1S/C10H9N3O3S/c14-7-2-1-6(3-8(7)15)4-11-13-10-12-9(16)5-17-10/h1-4,14-15H,5H2,(H,12,13,16). The molecule has 1 heterocycles. The highest BCUT2D eigenvalue weighted by atomic mass is 32.2. The molecule has 1 aliphatic rings. The fourth-order valence-corrected chi connectivity index (χ4v) is 1.78. The molecule has 7 heteroatoms. The van der Waals surface area contributed by atoms with E-state index < -0.39 is 0 Å². The van der Waals surface area contributed by atoms with Gasteiger partial charge in [-0.2, -0.15) is 5.10 Å². The van der Waals surface area contributed by atoms with Crippen LogP contribution in [0, 0.1) is 0 Å². The first kappa shape index (κ1) is 11.5. The number of rotatable bonds is 2. The van der Waals surface area contributed by atoms with Gasteiger partial charge in [-0.1, -0.05) is 11.8 Å². The van der Waals surface area contributed by atoms with E-state index in [1.165, 1.54) is 30.1 Å². The molecule has 0 atom stereocenters. The topological polar surface area (TPSA) is 94.3 Å². The molecular weight excluding hydrogens is 242 g/mol. The van der Waals surface area contributed by atoms with Gasteiger partial charge in [0, 0.05) is 0 Å². The third kappa shape index (κ3) is 2.97. The molecule has 1 amide bonds. The number of phenolic OH excluding ortho intramolecular Hbond substituents is 2. The zero-order valence-electron chi connectivity index (χ0n) is 8.62. The highest BCUT2D eigenvalue weighted by molar-refractivity contribution is 8.15. The minimum absolute atomic E-state index is 0.0915. The molecular formula is C10H9N3O3S. The maximum absolute atomic E-state index is 10.8.